The summed E-state index contributed by atoms with van der Waals surface area (Å²) in [6.07, 6.45) is 0. The number of hydrogen-bond donors (Lipinski definition) is 1. The molecule has 0 radical (unpaired) electrons. The Labute approximate surface area is 121 Å². The van der Waals surface area contributed by atoms with E-state index in [-0.39, 0.29) is 18.6 Å². The number of halogens is 1. The standard InChI is InChI=1S/C14H16ClNO2S/c1-9(2)16(7-8-17)14(18)13-12(15)10-5-3-4-6-11(10)19-13/h3-6,9,17H,7-8H2,1-2H3. The zero-order chi connectivity index (χ0) is 14.0. The van der Waals surface area contributed by atoms with Crippen molar-refractivity contribution in [3.8, 4) is 0 Å². The largest absolute Gasteiger partial charge is 0.395 e. The van der Waals surface area contributed by atoms with Gasteiger partial charge >= 0.3 is 0 Å². The molecule has 102 valence electrons. The van der Waals surface area contributed by atoms with E-state index in [1.807, 2.05) is 38.1 Å². The Kier molecular flexibility index (Phi) is 4.45. The number of carbonyl (C=O) groups excluding carboxylic acids is 1. The van der Waals surface area contributed by atoms with Crippen molar-refractivity contribution < 1.29 is 9.90 Å². The first-order valence-electron chi connectivity index (χ1n) is 6.15. The highest BCUT2D eigenvalue weighted by Gasteiger charge is 2.23. The molecule has 0 bridgehead atoms. The van der Waals surface area contributed by atoms with Gasteiger partial charge in [-0.3, -0.25) is 4.79 Å². The lowest BCUT2D eigenvalue weighted by Gasteiger charge is -2.25. The second-order valence-corrected chi connectivity index (χ2v) is 5.99. The molecule has 0 aliphatic carbocycles. The van der Waals surface area contributed by atoms with Crippen LogP contribution in [0, 0.1) is 0 Å². The number of nitrogens with zero attached hydrogens (tertiary/aromatic N) is 1. The van der Waals surface area contributed by atoms with Crippen LogP contribution in [0.2, 0.25) is 5.02 Å². The molecule has 0 aliphatic rings. The minimum atomic E-state index is -0.116. The van der Waals surface area contributed by atoms with Crippen LogP contribution in [-0.4, -0.2) is 35.1 Å². The molecule has 0 unspecified atom stereocenters. The Morgan fingerprint density at radius 2 is 2.11 bits per heavy atom. The van der Waals surface area contributed by atoms with Crippen LogP contribution in [-0.2, 0) is 0 Å². The maximum atomic E-state index is 12.5. The summed E-state index contributed by atoms with van der Waals surface area (Å²) in [4.78, 5) is 14.7. The van der Waals surface area contributed by atoms with Gasteiger partial charge in [0.2, 0.25) is 0 Å². The fourth-order valence-corrected chi connectivity index (χ4v) is 3.45. The van der Waals surface area contributed by atoms with Crippen LogP contribution in [0.25, 0.3) is 10.1 Å². The van der Waals surface area contributed by atoms with Gasteiger partial charge in [0.1, 0.15) is 4.88 Å². The van der Waals surface area contributed by atoms with Crippen LogP contribution in [0.4, 0.5) is 0 Å². The van der Waals surface area contributed by atoms with Crippen molar-refractivity contribution in [2.75, 3.05) is 13.2 Å². The molecule has 0 atom stereocenters. The normalized spacial score (nSPS) is 11.2. The summed E-state index contributed by atoms with van der Waals surface area (Å²) in [5, 5.41) is 10.5. The molecule has 0 spiro atoms. The Bertz CT molecular complexity index is 594. The monoisotopic (exact) mass is 297 g/mol. The molecule has 0 aliphatic heterocycles. The molecule has 1 amide bonds. The van der Waals surface area contributed by atoms with Crippen molar-refractivity contribution in [3.63, 3.8) is 0 Å². The maximum absolute atomic E-state index is 12.5. The Hall–Kier alpha value is -1.10. The number of carbonyl (C=O) groups is 1. The highest BCUT2D eigenvalue weighted by Crippen LogP contribution is 2.36. The number of amides is 1. The Morgan fingerprint density at radius 1 is 1.42 bits per heavy atom. The predicted octanol–water partition coefficient (Wildman–Crippen LogP) is 3.40. The molecule has 0 saturated carbocycles. The number of thiophene rings is 1. The van der Waals surface area contributed by atoms with E-state index >= 15 is 0 Å². The fourth-order valence-electron chi connectivity index (χ4n) is 1.98. The maximum Gasteiger partial charge on any atom is 0.265 e. The van der Waals surface area contributed by atoms with Gasteiger partial charge in [-0.05, 0) is 19.9 Å². The van der Waals surface area contributed by atoms with Gasteiger partial charge in [-0.1, -0.05) is 29.8 Å². The minimum Gasteiger partial charge on any atom is -0.395 e. The van der Waals surface area contributed by atoms with E-state index in [1.54, 1.807) is 4.90 Å². The van der Waals surface area contributed by atoms with Gasteiger partial charge in [0.25, 0.3) is 5.91 Å². The third-order valence-corrected chi connectivity index (χ3v) is 4.62. The van der Waals surface area contributed by atoms with Crippen LogP contribution in [0.1, 0.15) is 23.5 Å². The molecule has 1 aromatic heterocycles. The number of rotatable bonds is 4. The lowest BCUT2D eigenvalue weighted by atomic mass is 10.2. The summed E-state index contributed by atoms with van der Waals surface area (Å²) in [6, 6.07) is 7.73. The third-order valence-electron chi connectivity index (χ3n) is 2.95. The number of hydrogen-bond acceptors (Lipinski definition) is 3. The van der Waals surface area contributed by atoms with E-state index in [0.29, 0.717) is 16.4 Å². The molecule has 2 aromatic rings. The van der Waals surface area contributed by atoms with E-state index in [2.05, 4.69) is 0 Å². The van der Waals surface area contributed by atoms with Crippen molar-refractivity contribution in [3.05, 3.63) is 34.2 Å². The summed E-state index contributed by atoms with van der Waals surface area (Å²) >= 11 is 7.70. The van der Waals surface area contributed by atoms with E-state index in [4.69, 9.17) is 16.7 Å². The molecule has 0 saturated heterocycles. The molecule has 3 nitrogen and oxygen atoms in total. The average Bonchev–Trinajstić information content (AvgIpc) is 2.73. The van der Waals surface area contributed by atoms with Gasteiger partial charge in [-0.2, -0.15) is 0 Å². The lowest BCUT2D eigenvalue weighted by molar-refractivity contribution is 0.0670. The SMILES string of the molecule is CC(C)N(CCO)C(=O)c1sc2ccccc2c1Cl. The number of benzene rings is 1. The molecule has 5 heteroatoms. The molecule has 2 rings (SSSR count). The van der Waals surface area contributed by atoms with E-state index in [0.717, 1.165) is 10.1 Å². The number of aliphatic hydroxyl groups excluding tert-OH is 1. The Morgan fingerprint density at radius 3 is 2.68 bits per heavy atom. The number of fused-ring (bicyclic) bond motifs is 1. The molecule has 1 N–H and O–H groups in total. The quantitative estimate of drug-likeness (QED) is 0.939. The first-order valence-corrected chi connectivity index (χ1v) is 7.34. The second-order valence-electron chi connectivity index (χ2n) is 4.56. The van der Waals surface area contributed by atoms with Gasteiger partial charge in [-0.15, -0.1) is 11.3 Å². The predicted molar refractivity (Wildman–Crippen MR) is 80.1 cm³/mol. The van der Waals surface area contributed by atoms with Crippen molar-refractivity contribution >= 4 is 38.9 Å². The summed E-state index contributed by atoms with van der Waals surface area (Å²) in [6.45, 7) is 4.12. The van der Waals surface area contributed by atoms with Crippen LogP contribution < -0.4 is 0 Å². The highest BCUT2D eigenvalue weighted by molar-refractivity contribution is 7.21. The minimum absolute atomic E-state index is 0.0286. The molecular formula is C14H16ClNO2S. The summed E-state index contributed by atoms with van der Waals surface area (Å²) < 4.78 is 1.00. The third kappa shape index (κ3) is 2.76. The average molecular weight is 298 g/mol. The van der Waals surface area contributed by atoms with Gasteiger partial charge < -0.3 is 10.0 Å². The molecule has 1 heterocycles. The van der Waals surface area contributed by atoms with Gasteiger partial charge in [-0.25, -0.2) is 0 Å². The van der Waals surface area contributed by atoms with Crippen molar-refractivity contribution in [1.82, 2.24) is 4.90 Å². The summed E-state index contributed by atoms with van der Waals surface area (Å²) in [7, 11) is 0. The lowest BCUT2D eigenvalue weighted by Crippen LogP contribution is -2.38. The number of aliphatic hydroxyl groups is 1. The van der Waals surface area contributed by atoms with E-state index in [9.17, 15) is 4.79 Å². The Balaban J connectivity index is 2.43. The van der Waals surface area contributed by atoms with Crippen LogP contribution >= 0.6 is 22.9 Å². The van der Waals surface area contributed by atoms with Crippen molar-refractivity contribution in [2.45, 2.75) is 19.9 Å². The molecular weight excluding hydrogens is 282 g/mol. The second kappa shape index (κ2) is 5.90. The first kappa shape index (κ1) is 14.3. The first-order chi connectivity index (χ1) is 9.06. The van der Waals surface area contributed by atoms with Crippen LogP contribution in [0.3, 0.4) is 0 Å². The van der Waals surface area contributed by atoms with Gasteiger partial charge in [0, 0.05) is 22.7 Å². The van der Waals surface area contributed by atoms with Crippen LogP contribution in [0.15, 0.2) is 24.3 Å². The summed E-state index contributed by atoms with van der Waals surface area (Å²) in [5.41, 5.74) is 0. The molecule has 19 heavy (non-hydrogen) atoms. The van der Waals surface area contributed by atoms with Crippen molar-refractivity contribution in [1.29, 1.82) is 0 Å². The zero-order valence-electron chi connectivity index (χ0n) is 10.9. The topological polar surface area (TPSA) is 40.5 Å². The van der Waals surface area contributed by atoms with E-state index in [1.165, 1.54) is 11.3 Å². The van der Waals surface area contributed by atoms with Crippen LogP contribution in [0.5, 0.6) is 0 Å². The smallest absolute Gasteiger partial charge is 0.265 e. The van der Waals surface area contributed by atoms with Gasteiger partial charge in [0.15, 0.2) is 0 Å². The van der Waals surface area contributed by atoms with Gasteiger partial charge in [0.05, 0.1) is 11.6 Å². The highest BCUT2D eigenvalue weighted by atomic mass is 35.5. The van der Waals surface area contributed by atoms with E-state index < -0.39 is 0 Å². The fraction of sp³-hybridized carbons (Fsp3) is 0.357. The molecule has 0 fully saturated rings. The summed E-state index contributed by atoms with van der Waals surface area (Å²) in [5.74, 6) is -0.116. The van der Waals surface area contributed by atoms with Crippen molar-refractivity contribution in [2.24, 2.45) is 0 Å². The molecule has 1 aromatic carbocycles. The zero-order valence-corrected chi connectivity index (χ0v) is 12.5.